The Morgan fingerprint density at radius 1 is 1.48 bits per heavy atom. The van der Waals surface area contributed by atoms with Gasteiger partial charge in [0.15, 0.2) is 5.82 Å². The minimum absolute atomic E-state index is 0.428. The normalized spacial score (nSPS) is 18.6. The van der Waals surface area contributed by atoms with Crippen molar-refractivity contribution in [2.75, 3.05) is 26.1 Å². The van der Waals surface area contributed by atoms with Gasteiger partial charge in [0.2, 0.25) is 0 Å². The van der Waals surface area contributed by atoms with Gasteiger partial charge in [0, 0.05) is 18.2 Å². The molecule has 1 aromatic carbocycles. The monoisotopic (exact) mass is 289 g/mol. The van der Waals surface area contributed by atoms with Crippen LogP contribution in [0.1, 0.15) is 12.8 Å². The minimum atomic E-state index is 0.428. The van der Waals surface area contributed by atoms with Gasteiger partial charge in [-0.1, -0.05) is 6.07 Å². The molecule has 0 bridgehead atoms. The van der Waals surface area contributed by atoms with Crippen LogP contribution in [0.4, 0.5) is 5.69 Å². The van der Waals surface area contributed by atoms with Crippen LogP contribution in [0.25, 0.3) is 11.4 Å². The van der Waals surface area contributed by atoms with Gasteiger partial charge >= 0.3 is 0 Å². The zero-order chi connectivity index (χ0) is 14.7. The summed E-state index contributed by atoms with van der Waals surface area (Å²) < 4.78 is 12.7. The highest BCUT2D eigenvalue weighted by molar-refractivity contribution is 5.77. The van der Waals surface area contributed by atoms with E-state index in [1.807, 2.05) is 18.2 Å². The van der Waals surface area contributed by atoms with Crippen molar-refractivity contribution >= 4 is 5.69 Å². The number of methoxy groups -OCH3 is 1. The van der Waals surface area contributed by atoms with Crippen molar-refractivity contribution in [3.05, 3.63) is 18.2 Å². The van der Waals surface area contributed by atoms with Crippen molar-refractivity contribution in [3.63, 3.8) is 0 Å². The number of tetrazole rings is 1. The second-order valence-corrected chi connectivity index (χ2v) is 5.19. The van der Waals surface area contributed by atoms with Gasteiger partial charge in [-0.3, -0.25) is 0 Å². The molecule has 0 amide bonds. The van der Waals surface area contributed by atoms with Crippen LogP contribution in [0.3, 0.4) is 0 Å². The molecule has 2 heterocycles. The Balaban J connectivity index is 1.91. The first kappa shape index (κ1) is 13.8. The number of benzene rings is 1. The topological polar surface area (TPSA) is 88.1 Å². The maximum atomic E-state index is 6.08. The third-order valence-electron chi connectivity index (χ3n) is 3.72. The van der Waals surface area contributed by atoms with Crippen molar-refractivity contribution in [2.24, 2.45) is 5.92 Å². The van der Waals surface area contributed by atoms with Crippen LogP contribution in [-0.2, 0) is 11.3 Å². The Hall–Kier alpha value is -2.15. The van der Waals surface area contributed by atoms with Gasteiger partial charge in [-0.2, -0.15) is 0 Å². The van der Waals surface area contributed by atoms with E-state index in [-0.39, 0.29) is 0 Å². The van der Waals surface area contributed by atoms with Crippen LogP contribution in [-0.4, -0.2) is 40.5 Å². The zero-order valence-electron chi connectivity index (χ0n) is 12.0. The third-order valence-corrected chi connectivity index (χ3v) is 3.72. The van der Waals surface area contributed by atoms with Gasteiger partial charge in [-0.15, -0.1) is 5.10 Å². The SMILES string of the molecule is COc1cccc(N)c1-c1nnnn1CC1CCCOC1. The molecule has 2 N–H and O–H groups in total. The molecule has 0 aliphatic carbocycles. The molecule has 1 aliphatic heterocycles. The first-order chi connectivity index (χ1) is 10.3. The van der Waals surface area contributed by atoms with Crippen LogP contribution in [0, 0.1) is 5.92 Å². The van der Waals surface area contributed by atoms with E-state index in [4.69, 9.17) is 15.2 Å². The van der Waals surface area contributed by atoms with Crippen LogP contribution >= 0.6 is 0 Å². The number of aromatic nitrogens is 4. The molecule has 1 aromatic heterocycles. The molecule has 0 radical (unpaired) electrons. The maximum absolute atomic E-state index is 6.08. The molecule has 1 atom stereocenters. The molecule has 0 spiro atoms. The molecule has 1 fully saturated rings. The number of hydrogen-bond donors (Lipinski definition) is 1. The van der Waals surface area contributed by atoms with E-state index in [0.29, 0.717) is 23.2 Å². The number of rotatable bonds is 4. The molecule has 7 heteroatoms. The lowest BCUT2D eigenvalue weighted by molar-refractivity contribution is 0.0470. The summed E-state index contributed by atoms with van der Waals surface area (Å²) in [5.74, 6) is 1.73. The highest BCUT2D eigenvalue weighted by atomic mass is 16.5. The first-order valence-electron chi connectivity index (χ1n) is 7.06. The summed E-state index contributed by atoms with van der Waals surface area (Å²) in [5, 5.41) is 12.0. The van der Waals surface area contributed by atoms with Crippen molar-refractivity contribution < 1.29 is 9.47 Å². The summed E-state index contributed by atoms with van der Waals surface area (Å²) in [5.41, 5.74) is 7.42. The number of nitrogen functional groups attached to an aromatic ring is 1. The standard InChI is InChI=1S/C14H19N5O2/c1-20-12-6-2-5-11(15)13(12)14-16-17-18-19(14)8-10-4-3-7-21-9-10/h2,5-6,10H,3-4,7-9,15H2,1H3. The number of nitrogens with zero attached hydrogens (tertiary/aromatic N) is 4. The molecule has 21 heavy (non-hydrogen) atoms. The number of hydrogen-bond acceptors (Lipinski definition) is 6. The van der Waals surface area contributed by atoms with E-state index in [1.54, 1.807) is 11.8 Å². The average Bonchev–Trinajstić information content (AvgIpc) is 2.95. The molecule has 1 aliphatic rings. The van der Waals surface area contributed by atoms with Crippen molar-refractivity contribution in [3.8, 4) is 17.1 Å². The van der Waals surface area contributed by atoms with E-state index < -0.39 is 0 Å². The molecule has 0 saturated carbocycles. The van der Waals surface area contributed by atoms with Gasteiger partial charge in [-0.05, 0) is 35.4 Å². The van der Waals surface area contributed by atoms with Gasteiger partial charge in [0.1, 0.15) is 5.75 Å². The van der Waals surface area contributed by atoms with Gasteiger partial charge in [0.25, 0.3) is 0 Å². The molecular weight excluding hydrogens is 270 g/mol. The fourth-order valence-electron chi connectivity index (χ4n) is 2.66. The van der Waals surface area contributed by atoms with Crippen molar-refractivity contribution in [1.29, 1.82) is 0 Å². The summed E-state index contributed by atoms with van der Waals surface area (Å²) in [7, 11) is 1.61. The highest BCUT2D eigenvalue weighted by Crippen LogP contribution is 2.33. The molecular formula is C14H19N5O2. The number of anilines is 1. The molecule has 1 unspecified atom stereocenters. The van der Waals surface area contributed by atoms with Crippen molar-refractivity contribution in [2.45, 2.75) is 19.4 Å². The zero-order valence-corrected chi connectivity index (χ0v) is 12.0. The number of ether oxygens (including phenoxy) is 2. The average molecular weight is 289 g/mol. The summed E-state index contributed by atoms with van der Waals surface area (Å²) in [6, 6.07) is 5.52. The van der Waals surface area contributed by atoms with Gasteiger partial charge in [0.05, 0.1) is 25.8 Å². The Bertz CT molecular complexity index is 607. The predicted molar refractivity (Wildman–Crippen MR) is 77.8 cm³/mol. The lowest BCUT2D eigenvalue weighted by Gasteiger charge is -2.22. The quantitative estimate of drug-likeness (QED) is 0.855. The summed E-state index contributed by atoms with van der Waals surface area (Å²) in [6.45, 7) is 2.32. The van der Waals surface area contributed by atoms with Gasteiger partial charge in [-0.25, -0.2) is 4.68 Å². The van der Waals surface area contributed by atoms with Crippen molar-refractivity contribution in [1.82, 2.24) is 20.2 Å². The largest absolute Gasteiger partial charge is 0.496 e. The maximum Gasteiger partial charge on any atom is 0.187 e. The predicted octanol–water partition coefficient (Wildman–Crippen LogP) is 1.36. The highest BCUT2D eigenvalue weighted by Gasteiger charge is 2.21. The van der Waals surface area contributed by atoms with Crippen LogP contribution in [0.5, 0.6) is 5.75 Å². The Morgan fingerprint density at radius 3 is 3.14 bits per heavy atom. The summed E-state index contributed by atoms with van der Waals surface area (Å²) in [6.07, 6.45) is 2.21. The van der Waals surface area contributed by atoms with E-state index in [2.05, 4.69) is 15.5 Å². The first-order valence-corrected chi connectivity index (χ1v) is 7.06. The third kappa shape index (κ3) is 2.82. The molecule has 3 rings (SSSR count). The van der Waals surface area contributed by atoms with E-state index in [9.17, 15) is 0 Å². The Kier molecular flexibility index (Phi) is 4.01. The molecule has 2 aromatic rings. The van der Waals surface area contributed by atoms with Crippen LogP contribution in [0.15, 0.2) is 18.2 Å². The lowest BCUT2D eigenvalue weighted by Crippen LogP contribution is -2.23. The van der Waals surface area contributed by atoms with E-state index in [1.165, 1.54) is 0 Å². The Labute approximate surface area is 123 Å². The minimum Gasteiger partial charge on any atom is -0.496 e. The fourth-order valence-corrected chi connectivity index (χ4v) is 2.66. The van der Waals surface area contributed by atoms with Gasteiger partial charge < -0.3 is 15.2 Å². The van der Waals surface area contributed by atoms with Crippen LogP contribution in [0.2, 0.25) is 0 Å². The summed E-state index contributed by atoms with van der Waals surface area (Å²) >= 11 is 0. The molecule has 1 saturated heterocycles. The fraction of sp³-hybridized carbons (Fsp3) is 0.500. The summed E-state index contributed by atoms with van der Waals surface area (Å²) in [4.78, 5) is 0. The smallest absolute Gasteiger partial charge is 0.187 e. The second kappa shape index (κ2) is 6.09. The lowest BCUT2D eigenvalue weighted by atomic mass is 10.0. The van der Waals surface area contributed by atoms with Crippen LogP contribution < -0.4 is 10.5 Å². The molecule has 112 valence electrons. The van der Waals surface area contributed by atoms with E-state index >= 15 is 0 Å². The van der Waals surface area contributed by atoms with E-state index in [0.717, 1.165) is 38.2 Å². The molecule has 7 nitrogen and oxygen atoms in total. The Morgan fingerprint density at radius 2 is 2.38 bits per heavy atom. The second-order valence-electron chi connectivity index (χ2n) is 5.19. The number of nitrogens with two attached hydrogens (primary N) is 1.